The van der Waals surface area contributed by atoms with Gasteiger partial charge in [-0.1, -0.05) is 31.2 Å². The predicted molar refractivity (Wildman–Crippen MR) is 49.7 cm³/mol. The molecule has 1 aliphatic rings. The van der Waals surface area contributed by atoms with Crippen LogP contribution >= 0.6 is 0 Å². The van der Waals surface area contributed by atoms with E-state index < -0.39 is 5.97 Å². The first kappa shape index (κ1) is 8.30. The first-order valence-electron chi connectivity index (χ1n) is 4.50. The molecule has 0 amide bonds. The van der Waals surface area contributed by atoms with Crippen LogP contribution in [0.2, 0.25) is 0 Å². The summed E-state index contributed by atoms with van der Waals surface area (Å²) in [5.74, 6) is -0.719. The van der Waals surface area contributed by atoms with Crippen molar-refractivity contribution in [2.45, 2.75) is 19.3 Å². The molecule has 1 N–H and O–H groups in total. The summed E-state index contributed by atoms with van der Waals surface area (Å²) in [6.45, 7) is 1.78. The van der Waals surface area contributed by atoms with Crippen molar-refractivity contribution in [2.75, 3.05) is 0 Å². The molecule has 1 aliphatic carbocycles. The fourth-order valence-corrected chi connectivity index (χ4v) is 1.92. The summed E-state index contributed by atoms with van der Waals surface area (Å²) in [6, 6.07) is 8.07. The van der Waals surface area contributed by atoms with E-state index in [1.807, 2.05) is 18.2 Å². The Hall–Kier alpha value is -1.31. The minimum atomic E-state index is -0.695. The summed E-state index contributed by atoms with van der Waals surface area (Å²) >= 11 is 0. The van der Waals surface area contributed by atoms with Gasteiger partial charge in [-0.05, 0) is 17.5 Å². The Balaban J connectivity index is 2.22. The largest absolute Gasteiger partial charge is 0.481 e. The van der Waals surface area contributed by atoms with Crippen molar-refractivity contribution in [1.82, 2.24) is 0 Å². The highest BCUT2D eigenvalue weighted by molar-refractivity contribution is 5.72. The van der Waals surface area contributed by atoms with Crippen LogP contribution in [0.3, 0.4) is 0 Å². The monoisotopic (exact) mass is 176 g/mol. The number of carbonyl (C=O) groups is 1. The van der Waals surface area contributed by atoms with Crippen LogP contribution in [0.25, 0.3) is 0 Å². The number of fused-ring (bicyclic) bond motifs is 1. The van der Waals surface area contributed by atoms with Crippen molar-refractivity contribution in [1.29, 1.82) is 0 Å². The lowest BCUT2D eigenvalue weighted by Crippen LogP contribution is -2.28. The predicted octanol–water partition coefficient (Wildman–Crippen LogP) is 2.05. The molecule has 0 aliphatic heterocycles. The van der Waals surface area contributed by atoms with Crippen molar-refractivity contribution < 1.29 is 9.90 Å². The molecule has 0 aromatic heterocycles. The van der Waals surface area contributed by atoms with Gasteiger partial charge in [0, 0.05) is 5.92 Å². The van der Waals surface area contributed by atoms with Gasteiger partial charge in [-0.3, -0.25) is 4.79 Å². The highest BCUT2D eigenvalue weighted by Gasteiger charge is 2.33. The van der Waals surface area contributed by atoms with E-state index in [1.54, 1.807) is 6.92 Å². The average molecular weight is 176 g/mol. The summed E-state index contributed by atoms with van der Waals surface area (Å²) in [7, 11) is 0. The highest BCUT2D eigenvalue weighted by atomic mass is 16.4. The number of hydrogen-bond donors (Lipinski definition) is 1. The number of carboxylic acid groups (broad SMARTS) is 1. The quantitative estimate of drug-likeness (QED) is 0.748. The third kappa shape index (κ3) is 1.22. The second-order valence-corrected chi connectivity index (χ2v) is 3.64. The first-order valence-corrected chi connectivity index (χ1v) is 4.50. The number of aliphatic carboxylic acids is 1. The van der Waals surface area contributed by atoms with Crippen LogP contribution in [0.4, 0.5) is 0 Å². The Labute approximate surface area is 77.2 Å². The second-order valence-electron chi connectivity index (χ2n) is 3.64. The zero-order valence-electron chi connectivity index (χ0n) is 7.53. The molecule has 0 saturated heterocycles. The molecule has 0 spiro atoms. The fraction of sp³-hybridized carbons (Fsp3) is 0.364. The molecule has 0 saturated carbocycles. The maximum atomic E-state index is 10.7. The van der Waals surface area contributed by atoms with Gasteiger partial charge < -0.3 is 5.11 Å². The van der Waals surface area contributed by atoms with Crippen molar-refractivity contribution >= 4 is 5.97 Å². The van der Waals surface area contributed by atoms with Gasteiger partial charge in [0.15, 0.2) is 0 Å². The third-order valence-electron chi connectivity index (χ3n) is 2.89. The molecular weight excluding hydrogens is 164 g/mol. The maximum Gasteiger partial charge on any atom is 0.306 e. The van der Waals surface area contributed by atoms with E-state index in [4.69, 9.17) is 5.11 Å². The van der Waals surface area contributed by atoms with Crippen LogP contribution in [-0.2, 0) is 11.2 Å². The van der Waals surface area contributed by atoms with Crippen molar-refractivity contribution in [3.63, 3.8) is 0 Å². The molecule has 0 fully saturated rings. The Morgan fingerprint density at radius 1 is 1.54 bits per heavy atom. The van der Waals surface area contributed by atoms with Crippen LogP contribution in [0.1, 0.15) is 24.0 Å². The molecule has 2 heteroatoms. The maximum absolute atomic E-state index is 10.7. The summed E-state index contributed by atoms with van der Waals surface area (Å²) in [5, 5.41) is 8.84. The zero-order chi connectivity index (χ0) is 9.42. The van der Waals surface area contributed by atoms with Crippen LogP contribution in [0.5, 0.6) is 0 Å². The van der Waals surface area contributed by atoms with Crippen LogP contribution < -0.4 is 0 Å². The van der Waals surface area contributed by atoms with Crippen LogP contribution in [0.15, 0.2) is 24.3 Å². The SMILES string of the molecule is CC(C(=O)O)C1Cc2ccccc21. The van der Waals surface area contributed by atoms with E-state index in [2.05, 4.69) is 6.07 Å². The lowest BCUT2D eigenvalue weighted by Gasteiger charge is -2.32. The van der Waals surface area contributed by atoms with Gasteiger partial charge in [0.1, 0.15) is 0 Å². The Morgan fingerprint density at radius 2 is 2.23 bits per heavy atom. The van der Waals surface area contributed by atoms with Crippen molar-refractivity contribution in [3.05, 3.63) is 35.4 Å². The first-order chi connectivity index (χ1) is 6.20. The van der Waals surface area contributed by atoms with E-state index in [1.165, 1.54) is 11.1 Å². The molecule has 2 unspecified atom stereocenters. The summed E-state index contributed by atoms with van der Waals surface area (Å²) < 4.78 is 0. The molecule has 68 valence electrons. The minimum absolute atomic E-state index is 0.230. The minimum Gasteiger partial charge on any atom is -0.481 e. The van der Waals surface area contributed by atoms with Crippen LogP contribution in [0, 0.1) is 5.92 Å². The lowest BCUT2D eigenvalue weighted by atomic mass is 9.71. The molecular formula is C11H12O2. The van der Waals surface area contributed by atoms with E-state index in [-0.39, 0.29) is 11.8 Å². The molecule has 1 aromatic carbocycles. The lowest BCUT2D eigenvalue weighted by molar-refractivity contribution is -0.142. The number of hydrogen-bond acceptors (Lipinski definition) is 1. The summed E-state index contributed by atoms with van der Waals surface area (Å²) in [6.07, 6.45) is 0.920. The number of benzene rings is 1. The van der Waals surface area contributed by atoms with Gasteiger partial charge in [0.25, 0.3) is 0 Å². The van der Waals surface area contributed by atoms with Gasteiger partial charge in [-0.2, -0.15) is 0 Å². The van der Waals surface area contributed by atoms with E-state index in [0.717, 1.165) is 6.42 Å². The summed E-state index contributed by atoms with van der Waals surface area (Å²) in [4.78, 5) is 10.7. The van der Waals surface area contributed by atoms with Gasteiger partial charge in [0.05, 0.1) is 5.92 Å². The molecule has 2 nitrogen and oxygen atoms in total. The number of carboxylic acids is 1. The van der Waals surface area contributed by atoms with Gasteiger partial charge >= 0.3 is 5.97 Å². The van der Waals surface area contributed by atoms with Gasteiger partial charge in [0.2, 0.25) is 0 Å². The van der Waals surface area contributed by atoms with Crippen molar-refractivity contribution in [2.24, 2.45) is 5.92 Å². The standard InChI is InChI=1S/C11H12O2/c1-7(11(12)13)10-6-8-4-2-3-5-9(8)10/h2-5,7,10H,6H2,1H3,(H,12,13). The Kier molecular flexibility index (Phi) is 1.83. The Morgan fingerprint density at radius 3 is 2.85 bits per heavy atom. The highest BCUT2D eigenvalue weighted by Crippen LogP contribution is 2.39. The zero-order valence-corrected chi connectivity index (χ0v) is 7.53. The smallest absolute Gasteiger partial charge is 0.306 e. The van der Waals surface area contributed by atoms with Crippen molar-refractivity contribution in [3.8, 4) is 0 Å². The second kappa shape index (κ2) is 2.87. The molecule has 0 heterocycles. The molecule has 1 aromatic rings. The molecule has 2 rings (SSSR count). The van der Waals surface area contributed by atoms with E-state index in [9.17, 15) is 4.79 Å². The molecule has 13 heavy (non-hydrogen) atoms. The molecule has 0 radical (unpaired) electrons. The van der Waals surface area contributed by atoms with E-state index >= 15 is 0 Å². The van der Waals surface area contributed by atoms with Gasteiger partial charge in [-0.15, -0.1) is 0 Å². The topological polar surface area (TPSA) is 37.3 Å². The average Bonchev–Trinajstić information content (AvgIpc) is 2.06. The van der Waals surface area contributed by atoms with E-state index in [0.29, 0.717) is 0 Å². The number of rotatable bonds is 2. The Bertz CT molecular complexity index is 344. The fourth-order valence-electron chi connectivity index (χ4n) is 1.92. The molecule has 2 atom stereocenters. The molecule has 0 bridgehead atoms. The third-order valence-corrected chi connectivity index (χ3v) is 2.89. The summed E-state index contributed by atoms with van der Waals surface area (Å²) in [5.41, 5.74) is 2.53. The normalized spacial score (nSPS) is 21.5. The van der Waals surface area contributed by atoms with Gasteiger partial charge in [-0.25, -0.2) is 0 Å². The van der Waals surface area contributed by atoms with Crippen LogP contribution in [-0.4, -0.2) is 11.1 Å².